The zero-order chi connectivity index (χ0) is 13.1. The van der Waals surface area contributed by atoms with Crippen molar-refractivity contribution in [2.75, 3.05) is 5.32 Å². The van der Waals surface area contributed by atoms with Gasteiger partial charge >= 0.3 is 0 Å². The summed E-state index contributed by atoms with van der Waals surface area (Å²) in [5.41, 5.74) is 1.95. The predicted octanol–water partition coefficient (Wildman–Crippen LogP) is 1.01. The van der Waals surface area contributed by atoms with Gasteiger partial charge in [0.15, 0.2) is 5.82 Å². The van der Waals surface area contributed by atoms with Crippen molar-refractivity contribution in [3.8, 4) is 5.82 Å². The summed E-state index contributed by atoms with van der Waals surface area (Å²) >= 11 is 0. The second-order valence-electron chi connectivity index (χ2n) is 4.06. The lowest BCUT2D eigenvalue weighted by Crippen LogP contribution is -2.06. The molecule has 0 atom stereocenters. The standard InChI is InChI=1S/C12H13N7/c1-18-11(9-15-17-18)8-13-10-3-4-12(14-7-10)19-6-2-5-16-19/h2-7,9,13H,8H2,1H3. The molecule has 0 bridgehead atoms. The molecule has 0 spiro atoms. The Morgan fingerprint density at radius 3 is 2.84 bits per heavy atom. The summed E-state index contributed by atoms with van der Waals surface area (Å²) in [6.45, 7) is 0.659. The van der Waals surface area contributed by atoms with Crippen LogP contribution in [-0.4, -0.2) is 29.8 Å². The third kappa shape index (κ3) is 2.44. The van der Waals surface area contributed by atoms with Crippen LogP contribution in [0.2, 0.25) is 0 Å². The zero-order valence-electron chi connectivity index (χ0n) is 10.4. The van der Waals surface area contributed by atoms with Crippen molar-refractivity contribution < 1.29 is 0 Å². The van der Waals surface area contributed by atoms with E-state index in [0.717, 1.165) is 17.2 Å². The summed E-state index contributed by atoms with van der Waals surface area (Å²) in [5, 5.41) is 15.1. The molecule has 0 aliphatic heterocycles. The minimum Gasteiger partial charge on any atom is -0.378 e. The number of aromatic nitrogens is 6. The van der Waals surface area contributed by atoms with Gasteiger partial charge in [-0.25, -0.2) is 9.67 Å². The molecule has 0 aliphatic carbocycles. The predicted molar refractivity (Wildman–Crippen MR) is 69.7 cm³/mol. The summed E-state index contributed by atoms with van der Waals surface area (Å²) in [6.07, 6.45) is 7.10. The molecule has 1 N–H and O–H groups in total. The first-order valence-electron chi connectivity index (χ1n) is 5.86. The Hall–Kier alpha value is -2.70. The van der Waals surface area contributed by atoms with E-state index in [0.29, 0.717) is 6.54 Å². The fraction of sp³-hybridized carbons (Fsp3) is 0.167. The highest BCUT2D eigenvalue weighted by atomic mass is 15.4. The fourth-order valence-corrected chi connectivity index (χ4v) is 1.69. The molecule has 0 amide bonds. The summed E-state index contributed by atoms with van der Waals surface area (Å²) < 4.78 is 3.45. The van der Waals surface area contributed by atoms with Crippen LogP contribution in [0.15, 0.2) is 43.0 Å². The molecule has 3 rings (SSSR count). The Balaban J connectivity index is 1.68. The van der Waals surface area contributed by atoms with Gasteiger partial charge in [0.2, 0.25) is 0 Å². The van der Waals surface area contributed by atoms with Crippen LogP contribution >= 0.6 is 0 Å². The van der Waals surface area contributed by atoms with Gasteiger partial charge in [0.1, 0.15) is 0 Å². The molecule has 3 aromatic rings. The lowest BCUT2D eigenvalue weighted by Gasteiger charge is -2.06. The molecular formula is C12H13N7. The van der Waals surface area contributed by atoms with Gasteiger partial charge in [-0.3, -0.25) is 4.68 Å². The first-order valence-corrected chi connectivity index (χ1v) is 5.86. The summed E-state index contributed by atoms with van der Waals surface area (Å²) in [5.74, 6) is 0.790. The lowest BCUT2D eigenvalue weighted by atomic mass is 10.3. The van der Waals surface area contributed by atoms with Gasteiger partial charge in [-0.15, -0.1) is 5.10 Å². The lowest BCUT2D eigenvalue weighted by molar-refractivity contribution is 0.683. The van der Waals surface area contributed by atoms with E-state index in [1.807, 2.05) is 31.4 Å². The van der Waals surface area contributed by atoms with E-state index in [2.05, 4.69) is 25.7 Å². The molecule has 3 heterocycles. The van der Waals surface area contributed by atoms with Crippen molar-refractivity contribution in [1.82, 2.24) is 29.8 Å². The number of anilines is 1. The molecular weight excluding hydrogens is 242 g/mol. The second kappa shape index (κ2) is 4.89. The topological polar surface area (TPSA) is 73.5 Å². The minimum absolute atomic E-state index is 0.659. The SMILES string of the molecule is Cn1nncc1CNc1ccc(-n2cccn2)nc1. The normalized spacial score (nSPS) is 10.6. The van der Waals surface area contributed by atoms with E-state index in [9.17, 15) is 0 Å². The average molecular weight is 255 g/mol. The Kier molecular flexibility index (Phi) is 2.93. The molecule has 0 radical (unpaired) electrons. The van der Waals surface area contributed by atoms with Crippen LogP contribution in [0, 0.1) is 0 Å². The number of pyridine rings is 1. The molecule has 19 heavy (non-hydrogen) atoms. The van der Waals surface area contributed by atoms with Crippen molar-refractivity contribution in [1.29, 1.82) is 0 Å². The van der Waals surface area contributed by atoms with Gasteiger partial charge in [-0.1, -0.05) is 5.21 Å². The van der Waals surface area contributed by atoms with Crippen LogP contribution in [0.1, 0.15) is 5.69 Å². The Morgan fingerprint density at radius 2 is 2.21 bits per heavy atom. The largest absolute Gasteiger partial charge is 0.378 e. The summed E-state index contributed by atoms with van der Waals surface area (Å²) in [6, 6.07) is 5.74. The molecule has 96 valence electrons. The van der Waals surface area contributed by atoms with Gasteiger partial charge in [-0.05, 0) is 18.2 Å². The molecule has 0 aliphatic rings. The minimum atomic E-state index is 0.659. The molecule has 3 aromatic heterocycles. The summed E-state index contributed by atoms with van der Waals surface area (Å²) in [4.78, 5) is 4.34. The fourth-order valence-electron chi connectivity index (χ4n) is 1.69. The van der Waals surface area contributed by atoms with Crippen LogP contribution in [0.3, 0.4) is 0 Å². The van der Waals surface area contributed by atoms with E-state index in [-0.39, 0.29) is 0 Å². The third-order valence-corrected chi connectivity index (χ3v) is 2.77. The number of nitrogens with one attached hydrogen (secondary N) is 1. The highest BCUT2D eigenvalue weighted by Gasteiger charge is 2.01. The molecule has 0 fully saturated rings. The van der Waals surface area contributed by atoms with E-state index < -0.39 is 0 Å². The maximum atomic E-state index is 4.34. The Labute approximate surface area is 109 Å². The maximum Gasteiger partial charge on any atom is 0.153 e. The van der Waals surface area contributed by atoms with Crippen molar-refractivity contribution >= 4 is 5.69 Å². The van der Waals surface area contributed by atoms with Crippen LogP contribution in [0.25, 0.3) is 5.82 Å². The quantitative estimate of drug-likeness (QED) is 0.753. The number of hydrogen-bond acceptors (Lipinski definition) is 5. The van der Waals surface area contributed by atoms with Gasteiger partial charge in [0.05, 0.1) is 30.3 Å². The number of aryl methyl sites for hydroxylation is 1. The van der Waals surface area contributed by atoms with Crippen LogP contribution in [-0.2, 0) is 13.6 Å². The molecule has 0 saturated carbocycles. The second-order valence-corrected chi connectivity index (χ2v) is 4.06. The molecule has 0 aromatic carbocycles. The van der Waals surface area contributed by atoms with E-state index >= 15 is 0 Å². The summed E-state index contributed by atoms with van der Waals surface area (Å²) in [7, 11) is 1.86. The van der Waals surface area contributed by atoms with Crippen LogP contribution < -0.4 is 5.32 Å². The molecule has 0 saturated heterocycles. The Morgan fingerprint density at radius 1 is 1.26 bits per heavy atom. The maximum absolute atomic E-state index is 4.34. The highest BCUT2D eigenvalue weighted by molar-refractivity contribution is 5.43. The van der Waals surface area contributed by atoms with E-state index in [1.54, 1.807) is 28.0 Å². The average Bonchev–Trinajstić information content (AvgIpc) is 3.09. The van der Waals surface area contributed by atoms with E-state index in [1.165, 1.54) is 0 Å². The smallest absolute Gasteiger partial charge is 0.153 e. The number of nitrogens with zero attached hydrogens (tertiary/aromatic N) is 6. The van der Waals surface area contributed by atoms with Gasteiger partial charge in [0.25, 0.3) is 0 Å². The molecule has 7 nitrogen and oxygen atoms in total. The van der Waals surface area contributed by atoms with Gasteiger partial charge in [0, 0.05) is 19.4 Å². The van der Waals surface area contributed by atoms with Crippen molar-refractivity contribution in [2.45, 2.75) is 6.54 Å². The van der Waals surface area contributed by atoms with Crippen molar-refractivity contribution in [3.63, 3.8) is 0 Å². The monoisotopic (exact) mass is 255 g/mol. The van der Waals surface area contributed by atoms with Gasteiger partial charge < -0.3 is 5.32 Å². The highest BCUT2D eigenvalue weighted by Crippen LogP contribution is 2.10. The number of rotatable bonds is 4. The zero-order valence-corrected chi connectivity index (χ0v) is 10.4. The third-order valence-electron chi connectivity index (χ3n) is 2.77. The van der Waals surface area contributed by atoms with Crippen LogP contribution in [0.4, 0.5) is 5.69 Å². The van der Waals surface area contributed by atoms with Gasteiger partial charge in [-0.2, -0.15) is 5.10 Å². The Bertz CT molecular complexity index is 639. The first-order chi connectivity index (χ1) is 9.33. The molecule has 0 unspecified atom stereocenters. The van der Waals surface area contributed by atoms with Crippen molar-refractivity contribution in [2.24, 2.45) is 7.05 Å². The first kappa shape index (κ1) is 11.4. The van der Waals surface area contributed by atoms with E-state index in [4.69, 9.17) is 0 Å². The number of hydrogen-bond donors (Lipinski definition) is 1. The molecule has 7 heteroatoms. The van der Waals surface area contributed by atoms with Crippen LogP contribution in [0.5, 0.6) is 0 Å². The van der Waals surface area contributed by atoms with Crippen molar-refractivity contribution in [3.05, 3.63) is 48.7 Å².